The van der Waals surface area contributed by atoms with Gasteiger partial charge in [0.25, 0.3) is 5.69 Å². The average molecular weight is 273 g/mol. The number of nitrogens with one attached hydrogen (secondary N) is 1. The van der Waals surface area contributed by atoms with Gasteiger partial charge in [-0.2, -0.15) is 0 Å². The molecule has 6 nitrogen and oxygen atoms in total. The second-order valence-electron chi connectivity index (χ2n) is 4.10. The summed E-state index contributed by atoms with van der Waals surface area (Å²) >= 11 is 0. The molecule has 0 unspecified atom stereocenters. The second kappa shape index (κ2) is 6.51. The van der Waals surface area contributed by atoms with Gasteiger partial charge in [0.2, 0.25) is 5.88 Å². The standard InChI is InChI=1S/C14H15N3O3/c1-2-20-14-7-6-12(10-16-14)15-9-11-4-3-5-13(8-11)17(18)19/h3-8,10,15H,2,9H2,1H3. The van der Waals surface area contributed by atoms with Crippen molar-refractivity contribution < 1.29 is 9.66 Å². The number of nitro benzene ring substituents is 1. The number of nitrogens with zero attached hydrogens (tertiary/aromatic N) is 2. The summed E-state index contributed by atoms with van der Waals surface area (Å²) in [6.07, 6.45) is 1.67. The van der Waals surface area contributed by atoms with Crippen molar-refractivity contribution >= 4 is 11.4 Å². The average Bonchev–Trinajstić information content (AvgIpc) is 2.47. The lowest BCUT2D eigenvalue weighted by Crippen LogP contribution is -2.01. The van der Waals surface area contributed by atoms with Crippen molar-refractivity contribution in [1.82, 2.24) is 4.98 Å². The molecule has 1 N–H and O–H groups in total. The smallest absolute Gasteiger partial charge is 0.269 e. The van der Waals surface area contributed by atoms with Crippen molar-refractivity contribution in [3.05, 3.63) is 58.3 Å². The van der Waals surface area contributed by atoms with Crippen LogP contribution in [0.4, 0.5) is 11.4 Å². The number of pyridine rings is 1. The fraction of sp³-hybridized carbons (Fsp3) is 0.214. The first-order valence-electron chi connectivity index (χ1n) is 6.25. The molecule has 1 aromatic carbocycles. The zero-order chi connectivity index (χ0) is 14.4. The number of rotatable bonds is 6. The number of hydrogen-bond donors (Lipinski definition) is 1. The third-order valence-corrected chi connectivity index (χ3v) is 2.65. The van der Waals surface area contributed by atoms with Gasteiger partial charge in [-0.05, 0) is 18.6 Å². The molecule has 0 aliphatic rings. The molecule has 0 atom stereocenters. The Kier molecular flexibility index (Phi) is 4.49. The van der Waals surface area contributed by atoms with Gasteiger partial charge in [0, 0.05) is 24.7 Å². The molecule has 0 bridgehead atoms. The summed E-state index contributed by atoms with van der Waals surface area (Å²) in [6.45, 7) is 2.97. The number of aromatic nitrogens is 1. The Labute approximate surface area is 116 Å². The minimum atomic E-state index is -0.401. The number of ether oxygens (including phenoxy) is 1. The molecule has 0 amide bonds. The molecule has 0 aliphatic heterocycles. The summed E-state index contributed by atoms with van der Waals surface area (Å²) in [5.41, 5.74) is 1.77. The highest BCUT2D eigenvalue weighted by molar-refractivity contribution is 5.43. The fourth-order valence-electron chi connectivity index (χ4n) is 1.70. The van der Waals surface area contributed by atoms with E-state index in [1.54, 1.807) is 24.4 Å². The van der Waals surface area contributed by atoms with Gasteiger partial charge < -0.3 is 10.1 Å². The van der Waals surface area contributed by atoms with Crippen LogP contribution in [-0.2, 0) is 6.54 Å². The summed E-state index contributed by atoms with van der Waals surface area (Å²) in [5, 5.41) is 13.8. The predicted octanol–water partition coefficient (Wildman–Crippen LogP) is 3.00. The predicted molar refractivity (Wildman–Crippen MR) is 75.8 cm³/mol. The van der Waals surface area contributed by atoms with E-state index in [0.717, 1.165) is 11.3 Å². The number of anilines is 1. The lowest BCUT2D eigenvalue weighted by atomic mass is 10.2. The zero-order valence-corrected chi connectivity index (χ0v) is 11.1. The summed E-state index contributed by atoms with van der Waals surface area (Å²) in [7, 11) is 0. The second-order valence-corrected chi connectivity index (χ2v) is 4.10. The molecule has 104 valence electrons. The normalized spacial score (nSPS) is 10.1. The molecule has 20 heavy (non-hydrogen) atoms. The first-order chi connectivity index (χ1) is 9.69. The number of hydrogen-bond acceptors (Lipinski definition) is 5. The van der Waals surface area contributed by atoms with E-state index in [1.807, 2.05) is 19.1 Å². The van der Waals surface area contributed by atoms with Gasteiger partial charge in [0.1, 0.15) is 0 Å². The van der Waals surface area contributed by atoms with Crippen molar-refractivity contribution in [3.63, 3.8) is 0 Å². The van der Waals surface area contributed by atoms with Crippen molar-refractivity contribution in [3.8, 4) is 5.88 Å². The summed E-state index contributed by atoms with van der Waals surface area (Å²) in [4.78, 5) is 14.4. The highest BCUT2D eigenvalue weighted by Crippen LogP contribution is 2.16. The van der Waals surface area contributed by atoms with E-state index in [9.17, 15) is 10.1 Å². The molecule has 1 aromatic heterocycles. The summed E-state index contributed by atoms with van der Waals surface area (Å²) < 4.78 is 5.25. The fourth-order valence-corrected chi connectivity index (χ4v) is 1.70. The Bertz CT molecular complexity index is 584. The lowest BCUT2D eigenvalue weighted by Gasteiger charge is -2.07. The largest absolute Gasteiger partial charge is 0.478 e. The Balaban J connectivity index is 1.97. The monoisotopic (exact) mass is 273 g/mol. The third kappa shape index (κ3) is 3.68. The number of non-ortho nitro benzene ring substituents is 1. The maximum Gasteiger partial charge on any atom is 0.269 e. The molecule has 0 fully saturated rings. The van der Waals surface area contributed by atoms with E-state index in [1.165, 1.54) is 6.07 Å². The maximum atomic E-state index is 10.7. The van der Waals surface area contributed by atoms with Crippen molar-refractivity contribution in [2.75, 3.05) is 11.9 Å². The van der Waals surface area contributed by atoms with Crippen LogP contribution in [0.5, 0.6) is 5.88 Å². The van der Waals surface area contributed by atoms with Crippen LogP contribution in [0, 0.1) is 10.1 Å². The van der Waals surface area contributed by atoms with Gasteiger partial charge in [-0.15, -0.1) is 0 Å². The van der Waals surface area contributed by atoms with Crippen molar-refractivity contribution in [1.29, 1.82) is 0 Å². The molecule has 0 radical (unpaired) electrons. The molecule has 2 aromatic rings. The minimum Gasteiger partial charge on any atom is -0.478 e. The Morgan fingerprint density at radius 3 is 2.85 bits per heavy atom. The van der Waals surface area contributed by atoms with Crippen LogP contribution >= 0.6 is 0 Å². The van der Waals surface area contributed by atoms with Gasteiger partial charge >= 0.3 is 0 Å². The van der Waals surface area contributed by atoms with E-state index in [2.05, 4.69) is 10.3 Å². The van der Waals surface area contributed by atoms with Gasteiger partial charge in [0.15, 0.2) is 0 Å². The number of benzene rings is 1. The molecular formula is C14H15N3O3. The molecule has 2 rings (SSSR count). The molecular weight excluding hydrogens is 258 g/mol. The number of nitro groups is 1. The van der Waals surface area contributed by atoms with Crippen LogP contribution in [0.15, 0.2) is 42.6 Å². The molecule has 0 spiro atoms. The highest BCUT2D eigenvalue weighted by Gasteiger charge is 2.05. The topological polar surface area (TPSA) is 77.3 Å². The lowest BCUT2D eigenvalue weighted by molar-refractivity contribution is -0.384. The Morgan fingerprint density at radius 2 is 2.20 bits per heavy atom. The van der Waals surface area contributed by atoms with E-state index < -0.39 is 4.92 Å². The van der Waals surface area contributed by atoms with Gasteiger partial charge in [-0.1, -0.05) is 12.1 Å². The van der Waals surface area contributed by atoms with E-state index in [4.69, 9.17) is 4.74 Å². The molecule has 6 heteroatoms. The first kappa shape index (κ1) is 13.8. The van der Waals surface area contributed by atoms with E-state index in [-0.39, 0.29) is 5.69 Å². The first-order valence-corrected chi connectivity index (χ1v) is 6.25. The Hall–Kier alpha value is -2.63. The van der Waals surface area contributed by atoms with Crippen LogP contribution in [0.1, 0.15) is 12.5 Å². The van der Waals surface area contributed by atoms with Crippen LogP contribution < -0.4 is 10.1 Å². The quantitative estimate of drug-likeness (QED) is 0.646. The van der Waals surface area contributed by atoms with Crippen molar-refractivity contribution in [2.24, 2.45) is 0 Å². The van der Waals surface area contributed by atoms with Gasteiger partial charge in [-0.3, -0.25) is 10.1 Å². The van der Waals surface area contributed by atoms with Crippen LogP contribution in [0.25, 0.3) is 0 Å². The summed E-state index contributed by atoms with van der Waals surface area (Å²) in [5.74, 6) is 0.577. The maximum absolute atomic E-state index is 10.7. The van der Waals surface area contributed by atoms with Crippen molar-refractivity contribution in [2.45, 2.75) is 13.5 Å². The summed E-state index contributed by atoms with van der Waals surface area (Å²) in [6, 6.07) is 10.2. The molecule has 0 saturated carbocycles. The third-order valence-electron chi connectivity index (χ3n) is 2.65. The van der Waals surface area contributed by atoms with Crippen LogP contribution in [0.3, 0.4) is 0 Å². The van der Waals surface area contributed by atoms with Gasteiger partial charge in [0.05, 0.1) is 23.4 Å². The highest BCUT2D eigenvalue weighted by atomic mass is 16.6. The minimum absolute atomic E-state index is 0.0918. The molecule has 0 saturated heterocycles. The molecule has 1 heterocycles. The Morgan fingerprint density at radius 1 is 1.35 bits per heavy atom. The van der Waals surface area contributed by atoms with E-state index in [0.29, 0.717) is 19.0 Å². The van der Waals surface area contributed by atoms with Gasteiger partial charge in [-0.25, -0.2) is 4.98 Å². The SMILES string of the molecule is CCOc1ccc(NCc2cccc([N+](=O)[O-])c2)cn1. The van der Waals surface area contributed by atoms with Crippen LogP contribution in [0.2, 0.25) is 0 Å². The van der Waals surface area contributed by atoms with Crippen LogP contribution in [-0.4, -0.2) is 16.5 Å². The van der Waals surface area contributed by atoms with E-state index >= 15 is 0 Å². The zero-order valence-electron chi connectivity index (χ0n) is 11.1. The molecule has 0 aliphatic carbocycles.